The predicted molar refractivity (Wildman–Crippen MR) is 102 cm³/mol. The van der Waals surface area contributed by atoms with Crippen molar-refractivity contribution in [2.24, 2.45) is 5.73 Å². The molecule has 0 unspecified atom stereocenters. The van der Waals surface area contributed by atoms with E-state index < -0.39 is 5.92 Å². The van der Waals surface area contributed by atoms with Crippen LogP contribution < -0.4 is 10.5 Å². The van der Waals surface area contributed by atoms with Gasteiger partial charge in [-0.25, -0.2) is 0 Å². The van der Waals surface area contributed by atoms with Crippen LogP contribution in [0.1, 0.15) is 28.9 Å². The number of benzene rings is 2. The summed E-state index contributed by atoms with van der Waals surface area (Å²) < 4.78 is 8.30. The van der Waals surface area contributed by atoms with Crippen molar-refractivity contribution in [1.82, 2.24) is 4.57 Å². The van der Waals surface area contributed by atoms with Crippen LogP contribution in [0.4, 0.5) is 0 Å². The zero-order chi connectivity index (χ0) is 18.4. The van der Waals surface area contributed by atoms with Gasteiger partial charge >= 0.3 is 0 Å². The van der Waals surface area contributed by atoms with Crippen molar-refractivity contribution < 1.29 is 9.53 Å². The van der Waals surface area contributed by atoms with Crippen LogP contribution in [-0.2, 0) is 0 Å². The Morgan fingerprint density at radius 1 is 1.27 bits per heavy atom. The quantitative estimate of drug-likeness (QED) is 0.652. The third kappa shape index (κ3) is 2.32. The lowest BCUT2D eigenvalue weighted by Crippen LogP contribution is -2.24. The summed E-state index contributed by atoms with van der Waals surface area (Å²) in [5.41, 5.74) is 8.58. The van der Waals surface area contributed by atoms with E-state index in [0.717, 1.165) is 20.9 Å². The Balaban J connectivity index is 2.13. The van der Waals surface area contributed by atoms with E-state index in [1.807, 2.05) is 48.5 Å². The predicted octanol–water partition coefficient (Wildman–Crippen LogP) is 4.28. The van der Waals surface area contributed by atoms with Crippen molar-refractivity contribution in [3.05, 3.63) is 75.7 Å². The molecule has 1 aromatic heterocycles. The second-order valence-electron chi connectivity index (χ2n) is 6.07. The van der Waals surface area contributed by atoms with Crippen molar-refractivity contribution in [2.45, 2.75) is 12.8 Å². The maximum absolute atomic E-state index is 12.5. The van der Waals surface area contributed by atoms with Crippen LogP contribution >= 0.6 is 15.9 Å². The SMILES string of the molecule is CC(=O)n1c2c(c3ccccc31)OC(N)=C(C#N)[C@@H]2c1cccc(Br)c1. The number of carbonyl (C=O) groups is 1. The third-order valence-corrected chi connectivity index (χ3v) is 5.01. The average molecular weight is 408 g/mol. The Labute approximate surface area is 158 Å². The highest BCUT2D eigenvalue weighted by molar-refractivity contribution is 9.10. The average Bonchev–Trinajstić information content (AvgIpc) is 2.94. The number of para-hydroxylation sites is 1. The minimum absolute atomic E-state index is 0.0661. The number of nitrogens with two attached hydrogens (primary N) is 1. The fourth-order valence-corrected chi connectivity index (χ4v) is 3.93. The molecule has 2 N–H and O–H groups in total. The van der Waals surface area contributed by atoms with Crippen LogP contribution in [0.25, 0.3) is 10.9 Å². The first-order valence-electron chi connectivity index (χ1n) is 8.00. The Bertz CT molecular complexity index is 1140. The highest BCUT2D eigenvalue weighted by Gasteiger charge is 2.36. The van der Waals surface area contributed by atoms with E-state index in [2.05, 4.69) is 22.0 Å². The van der Waals surface area contributed by atoms with Gasteiger partial charge in [0.25, 0.3) is 0 Å². The van der Waals surface area contributed by atoms with Gasteiger partial charge in [0.1, 0.15) is 11.6 Å². The molecule has 0 amide bonds. The first-order chi connectivity index (χ1) is 12.5. The maximum atomic E-state index is 12.5. The molecule has 128 valence electrons. The van der Waals surface area contributed by atoms with E-state index in [-0.39, 0.29) is 11.8 Å². The molecule has 0 bridgehead atoms. The van der Waals surface area contributed by atoms with Crippen molar-refractivity contribution in [1.29, 1.82) is 5.26 Å². The van der Waals surface area contributed by atoms with E-state index in [1.165, 1.54) is 6.92 Å². The first kappa shape index (κ1) is 16.4. The van der Waals surface area contributed by atoms with E-state index in [1.54, 1.807) is 4.57 Å². The number of allylic oxidation sites excluding steroid dienone is 1. The summed E-state index contributed by atoms with van der Waals surface area (Å²) in [4.78, 5) is 12.5. The minimum atomic E-state index is -0.488. The van der Waals surface area contributed by atoms with E-state index >= 15 is 0 Å². The first-order valence-corrected chi connectivity index (χ1v) is 8.79. The Hall–Kier alpha value is -3.04. The summed E-state index contributed by atoms with van der Waals surface area (Å²) in [7, 11) is 0. The monoisotopic (exact) mass is 407 g/mol. The van der Waals surface area contributed by atoms with Crippen LogP contribution in [0.15, 0.2) is 64.5 Å². The van der Waals surface area contributed by atoms with Gasteiger partial charge in [0, 0.05) is 16.8 Å². The fraction of sp³-hybridized carbons (Fsp3) is 0.100. The summed E-state index contributed by atoms with van der Waals surface area (Å²) in [6.07, 6.45) is 0. The number of hydrogen-bond acceptors (Lipinski definition) is 4. The number of hydrogen-bond donors (Lipinski definition) is 1. The van der Waals surface area contributed by atoms with Crippen LogP contribution in [0.2, 0.25) is 0 Å². The molecule has 1 aliphatic heterocycles. The van der Waals surface area contributed by atoms with Gasteiger partial charge in [0.15, 0.2) is 5.75 Å². The van der Waals surface area contributed by atoms with Crippen LogP contribution in [0.3, 0.4) is 0 Å². The van der Waals surface area contributed by atoms with Gasteiger partial charge in [0.05, 0.1) is 17.1 Å². The Kier molecular flexibility index (Phi) is 3.82. The molecule has 6 heteroatoms. The van der Waals surface area contributed by atoms with Crippen molar-refractivity contribution in [3.63, 3.8) is 0 Å². The van der Waals surface area contributed by atoms with Crippen LogP contribution in [-0.4, -0.2) is 10.5 Å². The summed E-state index contributed by atoms with van der Waals surface area (Å²) in [5, 5.41) is 10.5. The zero-order valence-corrected chi connectivity index (χ0v) is 15.4. The highest BCUT2D eigenvalue weighted by atomic mass is 79.9. The largest absolute Gasteiger partial charge is 0.438 e. The normalized spacial score (nSPS) is 16.1. The number of aromatic nitrogens is 1. The Morgan fingerprint density at radius 3 is 2.73 bits per heavy atom. The molecule has 2 heterocycles. The van der Waals surface area contributed by atoms with Crippen molar-refractivity contribution in [3.8, 4) is 11.8 Å². The molecule has 26 heavy (non-hydrogen) atoms. The zero-order valence-electron chi connectivity index (χ0n) is 13.9. The second kappa shape index (κ2) is 6.04. The van der Waals surface area contributed by atoms with E-state index in [0.29, 0.717) is 17.0 Å². The van der Waals surface area contributed by atoms with Crippen molar-refractivity contribution >= 4 is 32.7 Å². The second-order valence-corrected chi connectivity index (χ2v) is 6.98. The standard InChI is InChI=1S/C20H14BrN3O2/c1-11(25)24-16-8-3-2-7-14(16)19-18(24)17(15(10-22)20(23)26-19)12-5-4-6-13(21)9-12/h2-9,17H,23H2,1H3/t17-/m0/s1. The molecule has 0 saturated heterocycles. The number of rotatable bonds is 1. The van der Waals surface area contributed by atoms with Gasteiger partial charge in [-0.2, -0.15) is 5.26 Å². The summed E-state index contributed by atoms with van der Waals surface area (Å²) in [6, 6.07) is 17.3. The summed E-state index contributed by atoms with van der Waals surface area (Å²) in [5.74, 6) is -0.0462. The smallest absolute Gasteiger partial charge is 0.228 e. The lowest BCUT2D eigenvalue weighted by molar-refractivity contribution is 0.0937. The lowest BCUT2D eigenvalue weighted by atomic mass is 9.87. The lowest BCUT2D eigenvalue weighted by Gasteiger charge is -2.25. The summed E-state index contributed by atoms with van der Waals surface area (Å²) in [6.45, 7) is 1.50. The van der Waals surface area contributed by atoms with Gasteiger partial charge in [-0.15, -0.1) is 0 Å². The molecule has 5 nitrogen and oxygen atoms in total. The molecule has 1 atom stereocenters. The number of halogens is 1. The minimum Gasteiger partial charge on any atom is -0.438 e. The topological polar surface area (TPSA) is 81.0 Å². The van der Waals surface area contributed by atoms with Gasteiger partial charge < -0.3 is 10.5 Å². The maximum Gasteiger partial charge on any atom is 0.228 e. The Morgan fingerprint density at radius 2 is 2.04 bits per heavy atom. The molecule has 0 radical (unpaired) electrons. The van der Waals surface area contributed by atoms with Crippen LogP contribution in [0, 0.1) is 11.3 Å². The van der Waals surface area contributed by atoms with Crippen molar-refractivity contribution in [2.75, 3.05) is 0 Å². The molecular formula is C20H14BrN3O2. The molecule has 0 fully saturated rings. The number of nitriles is 1. The van der Waals surface area contributed by atoms with Gasteiger partial charge in [0.2, 0.25) is 11.8 Å². The molecule has 0 aliphatic carbocycles. The fourth-order valence-electron chi connectivity index (χ4n) is 3.51. The molecule has 1 aliphatic rings. The number of carbonyl (C=O) groups excluding carboxylic acids is 1. The van der Waals surface area contributed by atoms with E-state index in [4.69, 9.17) is 10.5 Å². The van der Waals surface area contributed by atoms with Gasteiger partial charge in [-0.05, 0) is 29.8 Å². The summed E-state index contributed by atoms with van der Waals surface area (Å²) >= 11 is 3.47. The highest BCUT2D eigenvalue weighted by Crippen LogP contribution is 2.47. The van der Waals surface area contributed by atoms with E-state index in [9.17, 15) is 10.1 Å². The molecule has 0 spiro atoms. The molecular weight excluding hydrogens is 394 g/mol. The van der Waals surface area contributed by atoms with Gasteiger partial charge in [-0.3, -0.25) is 9.36 Å². The molecule has 0 saturated carbocycles. The number of fused-ring (bicyclic) bond motifs is 3. The molecule has 2 aromatic carbocycles. The number of ether oxygens (including phenoxy) is 1. The molecule has 3 aromatic rings. The number of nitrogens with zero attached hydrogens (tertiary/aromatic N) is 2. The van der Waals surface area contributed by atoms with Gasteiger partial charge in [-0.1, -0.05) is 40.2 Å². The third-order valence-electron chi connectivity index (χ3n) is 4.52. The van der Waals surface area contributed by atoms with Crippen LogP contribution in [0.5, 0.6) is 5.75 Å². The molecule has 4 rings (SSSR count).